The molecule has 0 amide bonds. The third-order valence-electron chi connectivity index (χ3n) is 24.3. The summed E-state index contributed by atoms with van der Waals surface area (Å²) in [5.41, 5.74) is 24.4. The molecule has 0 fully saturated rings. The first kappa shape index (κ1) is 68.6. The van der Waals surface area contributed by atoms with Crippen LogP contribution in [0.3, 0.4) is 0 Å². The molecule has 11 heterocycles. The number of benzene rings is 17. The Balaban J connectivity index is 0.0000000893. The molecule has 0 saturated carbocycles. The summed E-state index contributed by atoms with van der Waals surface area (Å²) in [5.74, 6) is 0. The van der Waals surface area contributed by atoms with Crippen LogP contribution in [0.4, 0.5) is 0 Å². The van der Waals surface area contributed by atoms with E-state index in [1.165, 1.54) is 139 Å². The smallest absolute Gasteiger partial charge is 0.143 e. The normalized spacial score (nSPS) is 12.0. The minimum Gasteiger partial charge on any atom is -0.464 e. The molecular formula is C110H66N4O5S2. The predicted octanol–water partition coefficient (Wildman–Crippen LogP) is 32.1. The molecule has 121 heavy (non-hydrogen) atoms. The van der Waals surface area contributed by atoms with E-state index < -0.39 is 0 Å². The van der Waals surface area contributed by atoms with E-state index in [1.807, 2.05) is 59.1 Å². The number of aromatic nitrogens is 4. The van der Waals surface area contributed by atoms with Crippen LogP contribution in [0.25, 0.3) is 238 Å². The minimum atomic E-state index is 0.907. The number of para-hydroxylation sites is 5. The lowest BCUT2D eigenvalue weighted by atomic mass is 9.98. The van der Waals surface area contributed by atoms with Gasteiger partial charge in [0.15, 0.2) is 0 Å². The number of thiophene rings is 2. The van der Waals surface area contributed by atoms with Crippen molar-refractivity contribution in [3.63, 3.8) is 0 Å². The van der Waals surface area contributed by atoms with Crippen molar-refractivity contribution in [2.75, 3.05) is 0 Å². The molecule has 0 aliphatic carbocycles. The number of fused-ring (bicyclic) bond motifs is 29. The average molecular weight is 1590 g/mol. The van der Waals surface area contributed by atoms with Crippen LogP contribution in [0.1, 0.15) is 0 Å². The molecule has 0 atom stereocenters. The Morgan fingerprint density at radius 1 is 0.198 bits per heavy atom. The van der Waals surface area contributed by atoms with E-state index in [2.05, 4.69) is 358 Å². The summed E-state index contributed by atoms with van der Waals surface area (Å²) in [6, 6.07) is 133. The van der Waals surface area contributed by atoms with Gasteiger partial charge in [-0.25, -0.2) is 0 Å². The Morgan fingerprint density at radius 2 is 0.562 bits per heavy atom. The fourth-order valence-corrected chi connectivity index (χ4v) is 21.2. The van der Waals surface area contributed by atoms with Crippen LogP contribution in [0.2, 0.25) is 0 Å². The van der Waals surface area contributed by atoms with E-state index in [0.29, 0.717) is 0 Å². The van der Waals surface area contributed by atoms with Crippen LogP contribution in [0.5, 0.6) is 0 Å². The lowest BCUT2D eigenvalue weighted by Crippen LogP contribution is -1.96. The maximum Gasteiger partial charge on any atom is 0.143 e. The van der Waals surface area contributed by atoms with Crippen molar-refractivity contribution in [1.29, 1.82) is 0 Å². The third kappa shape index (κ3) is 10.9. The van der Waals surface area contributed by atoms with Crippen molar-refractivity contribution in [2.24, 2.45) is 0 Å². The van der Waals surface area contributed by atoms with Gasteiger partial charge in [0, 0.05) is 107 Å². The van der Waals surface area contributed by atoms with E-state index >= 15 is 0 Å². The van der Waals surface area contributed by atoms with Crippen molar-refractivity contribution >= 4 is 216 Å². The van der Waals surface area contributed by atoms with Gasteiger partial charge in [-0.3, -0.25) is 0 Å². The van der Waals surface area contributed by atoms with Crippen LogP contribution in [-0.2, 0) is 0 Å². The molecule has 568 valence electrons. The summed E-state index contributed by atoms with van der Waals surface area (Å²) in [6.45, 7) is 0. The van der Waals surface area contributed by atoms with Crippen LogP contribution in [0, 0.1) is 0 Å². The van der Waals surface area contributed by atoms with Crippen LogP contribution in [-0.4, -0.2) is 18.3 Å². The fraction of sp³-hybridized carbons (Fsp3) is 0. The Hall–Kier alpha value is -15.7. The summed E-state index contributed by atoms with van der Waals surface area (Å²) < 4.78 is 44.4. The zero-order chi connectivity index (χ0) is 79.3. The zero-order valence-electron chi connectivity index (χ0n) is 64.8. The first-order valence-corrected chi connectivity index (χ1v) is 42.2. The van der Waals surface area contributed by atoms with Gasteiger partial charge >= 0.3 is 0 Å². The molecular weight excluding hydrogens is 1520 g/mol. The van der Waals surface area contributed by atoms with Crippen molar-refractivity contribution in [2.45, 2.75) is 0 Å². The van der Waals surface area contributed by atoms with Crippen molar-refractivity contribution in [3.8, 4) is 45.0 Å². The minimum absolute atomic E-state index is 0.907. The second kappa shape index (κ2) is 27.5. The largest absolute Gasteiger partial charge is 0.464 e. The number of furan rings is 5. The van der Waals surface area contributed by atoms with Gasteiger partial charge < -0.3 is 40.4 Å². The molecule has 0 spiro atoms. The molecule has 0 unspecified atom stereocenters. The second-order valence-corrected chi connectivity index (χ2v) is 33.1. The lowest BCUT2D eigenvalue weighted by molar-refractivity contribution is 0.619. The van der Waals surface area contributed by atoms with Gasteiger partial charge in [0.05, 0.1) is 101 Å². The molecule has 28 aromatic rings. The highest BCUT2D eigenvalue weighted by Gasteiger charge is 2.24. The van der Waals surface area contributed by atoms with Gasteiger partial charge in [-0.05, 0) is 198 Å². The number of hydrogen-bond acceptors (Lipinski definition) is 7. The number of rotatable bonds is 6. The summed E-state index contributed by atoms with van der Waals surface area (Å²) >= 11 is 3.72. The fourth-order valence-electron chi connectivity index (χ4n) is 19.0. The molecule has 28 rings (SSSR count). The zero-order valence-corrected chi connectivity index (χ0v) is 66.4. The maximum atomic E-state index is 6.02. The SMILES string of the molecule is c1ccc(-c2cc(-c3ccccc3)cc(-n3c4ccccc4c4c5occc5ccc43)c2)cc1.c1ccc2c(c1)oc1ccc(-n3c4ccccc4c4c5occc5ccc43)cc12.c1ccc2c(c1)sc1c(-n3c4ccccc4c4c5occc5ccc43)cccc12.c1ccc2c(c1)sc1ccc(-n3c4ccccc4c4c5occc5ccc43)cc12. The highest BCUT2D eigenvalue weighted by molar-refractivity contribution is 7.26. The molecule has 0 radical (unpaired) electrons. The quantitative estimate of drug-likeness (QED) is 0.166. The van der Waals surface area contributed by atoms with Gasteiger partial charge in [-0.2, -0.15) is 0 Å². The van der Waals surface area contributed by atoms with E-state index in [-0.39, 0.29) is 0 Å². The van der Waals surface area contributed by atoms with Crippen molar-refractivity contribution < 1.29 is 22.1 Å². The van der Waals surface area contributed by atoms with Gasteiger partial charge in [0.25, 0.3) is 0 Å². The standard InChI is InChI=1S/C32H21NO.C26H15NO2.2C26H15NOS/c1-3-9-22(10-4-1)25-19-26(23-11-5-2-6-12-23)21-27(20-25)33-29-14-8-7-13-28(29)31-30(33)16-15-24-17-18-34-32(24)31;1-3-7-21-19(6-1)25-22(11-9-16-13-14-28-26(16)25)27(21)17-10-12-24-20(15-17)18-5-2-4-8-23(18)29-24;1-3-9-20-19(7-1)24-21(13-12-16-14-15-28-25(16)24)27(20)22-10-5-8-18-17-6-2-4-11-23(17)29-26(18)22;1-3-7-21-19(6-1)25-22(11-9-16-13-14-28-26(16)25)27(21)17-10-12-24-20(15-17)18-5-2-4-8-23(18)29-24/h1-21H;3*1-15H. The Bertz CT molecular complexity index is 8690. The summed E-state index contributed by atoms with van der Waals surface area (Å²) in [5, 5.41) is 21.6. The molecule has 17 aromatic carbocycles. The molecule has 11 heteroatoms. The predicted molar refractivity (Wildman–Crippen MR) is 506 cm³/mol. The van der Waals surface area contributed by atoms with E-state index in [4.69, 9.17) is 22.1 Å². The first-order chi connectivity index (χ1) is 60.0. The summed E-state index contributed by atoms with van der Waals surface area (Å²) in [4.78, 5) is 0. The topological polar surface area (TPSA) is 85.4 Å². The lowest BCUT2D eigenvalue weighted by Gasteiger charge is -2.14. The van der Waals surface area contributed by atoms with Crippen LogP contribution >= 0.6 is 22.7 Å². The van der Waals surface area contributed by atoms with Gasteiger partial charge in [0.2, 0.25) is 0 Å². The van der Waals surface area contributed by atoms with Gasteiger partial charge in [-0.15, -0.1) is 22.7 Å². The number of hydrogen-bond donors (Lipinski definition) is 0. The van der Waals surface area contributed by atoms with Crippen LogP contribution in [0.15, 0.2) is 423 Å². The molecule has 0 aliphatic heterocycles. The maximum absolute atomic E-state index is 6.02. The average Bonchev–Trinajstić information content (AvgIpc) is 1.42. The third-order valence-corrected chi connectivity index (χ3v) is 26.6. The Morgan fingerprint density at radius 3 is 1.06 bits per heavy atom. The number of nitrogens with zero attached hydrogens (tertiary/aromatic N) is 4. The highest BCUT2D eigenvalue weighted by atomic mass is 32.1. The highest BCUT2D eigenvalue weighted by Crippen LogP contribution is 2.47. The molecule has 0 aliphatic rings. The molecule has 11 aromatic heterocycles. The monoisotopic (exact) mass is 1590 g/mol. The summed E-state index contributed by atoms with van der Waals surface area (Å²) in [7, 11) is 0. The molecule has 0 N–H and O–H groups in total. The van der Waals surface area contributed by atoms with E-state index in [9.17, 15) is 0 Å². The molecule has 0 bridgehead atoms. The van der Waals surface area contributed by atoms with Gasteiger partial charge in [0.1, 0.15) is 33.5 Å². The Kier molecular flexibility index (Phi) is 15.6. The Labute approximate surface area is 697 Å². The molecule has 0 saturated heterocycles. The first-order valence-electron chi connectivity index (χ1n) is 40.6. The van der Waals surface area contributed by atoms with E-state index in [1.54, 1.807) is 25.1 Å². The second-order valence-electron chi connectivity index (χ2n) is 30.9. The summed E-state index contributed by atoms with van der Waals surface area (Å²) in [6.07, 6.45) is 7.10. The van der Waals surface area contributed by atoms with Crippen molar-refractivity contribution in [1.82, 2.24) is 18.3 Å². The van der Waals surface area contributed by atoms with E-state index in [0.717, 1.165) is 99.0 Å². The molecule has 9 nitrogen and oxygen atoms in total. The van der Waals surface area contributed by atoms with Crippen molar-refractivity contribution in [3.05, 3.63) is 401 Å². The van der Waals surface area contributed by atoms with Crippen LogP contribution < -0.4 is 0 Å². The van der Waals surface area contributed by atoms with Gasteiger partial charge in [-0.1, -0.05) is 200 Å².